The molecule has 1 aromatic rings. The molecule has 4 nitrogen and oxygen atoms in total. The Kier molecular flexibility index (Phi) is 6.23. The van der Waals surface area contributed by atoms with E-state index in [0.29, 0.717) is 17.5 Å². The Morgan fingerprint density at radius 1 is 1.14 bits per heavy atom. The highest BCUT2D eigenvalue weighted by molar-refractivity contribution is 5.48. The fraction of sp³-hybridized carbons (Fsp3) is 0.714. The highest BCUT2D eigenvalue weighted by atomic mass is 19.4. The standard InChI is InChI=1S/C14H23F3N4/c1-5-6-18-11-7-12(21-13(20-11)9(2)3)19-10(4)8-14(15,16)17/h7,9-10H,5-6,8H2,1-4H3,(H2,18,19,20,21). The molecule has 0 amide bonds. The summed E-state index contributed by atoms with van der Waals surface area (Å²) in [5.74, 6) is 1.77. The molecule has 0 fully saturated rings. The van der Waals surface area contributed by atoms with Crippen LogP contribution >= 0.6 is 0 Å². The molecule has 1 unspecified atom stereocenters. The summed E-state index contributed by atoms with van der Waals surface area (Å²) in [6.45, 7) is 8.17. The maximum absolute atomic E-state index is 12.4. The van der Waals surface area contributed by atoms with Crippen molar-refractivity contribution in [3.63, 3.8) is 0 Å². The van der Waals surface area contributed by atoms with Gasteiger partial charge in [-0.25, -0.2) is 9.97 Å². The Labute approximate surface area is 123 Å². The van der Waals surface area contributed by atoms with Crippen LogP contribution < -0.4 is 10.6 Å². The van der Waals surface area contributed by atoms with Crippen molar-refractivity contribution in [3.05, 3.63) is 11.9 Å². The number of hydrogen-bond acceptors (Lipinski definition) is 4. The van der Waals surface area contributed by atoms with E-state index >= 15 is 0 Å². The predicted molar refractivity (Wildman–Crippen MR) is 78.7 cm³/mol. The van der Waals surface area contributed by atoms with Gasteiger partial charge in [0.05, 0.1) is 6.42 Å². The van der Waals surface area contributed by atoms with E-state index in [0.717, 1.165) is 13.0 Å². The zero-order valence-electron chi connectivity index (χ0n) is 12.9. The van der Waals surface area contributed by atoms with Gasteiger partial charge in [0.1, 0.15) is 17.5 Å². The van der Waals surface area contributed by atoms with E-state index in [1.807, 2.05) is 20.8 Å². The Balaban J connectivity index is 2.86. The summed E-state index contributed by atoms with van der Waals surface area (Å²) in [7, 11) is 0. The van der Waals surface area contributed by atoms with Crippen molar-refractivity contribution in [2.24, 2.45) is 0 Å². The monoisotopic (exact) mass is 304 g/mol. The van der Waals surface area contributed by atoms with E-state index < -0.39 is 18.6 Å². The minimum absolute atomic E-state index is 0.104. The van der Waals surface area contributed by atoms with Crippen molar-refractivity contribution < 1.29 is 13.2 Å². The molecule has 0 aliphatic heterocycles. The molecule has 120 valence electrons. The van der Waals surface area contributed by atoms with E-state index in [4.69, 9.17) is 0 Å². The lowest BCUT2D eigenvalue weighted by atomic mass is 10.2. The summed E-state index contributed by atoms with van der Waals surface area (Å²) in [5, 5.41) is 5.94. The third-order valence-corrected chi connectivity index (χ3v) is 2.75. The van der Waals surface area contributed by atoms with Gasteiger partial charge in [-0.3, -0.25) is 0 Å². The van der Waals surface area contributed by atoms with E-state index in [1.54, 1.807) is 6.07 Å². The number of aromatic nitrogens is 2. The van der Waals surface area contributed by atoms with Crippen LogP contribution in [0, 0.1) is 0 Å². The topological polar surface area (TPSA) is 49.8 Å². The van der Waals surface area contributed by atoms with Gasteiger partial charge in [0.25, 0.3) is 0 Å². The minimum Gasteiger partial charge on any atom is -0.370 e. The van der Waals surface area contributed by atoms with Crippen LogP contribution in [0.1, 0.15) is 52.3 Å². The summed E-state index contributed by atoms with van der Waals surface area (Å²) in [6, 6.07) is 0.910. The maximum atomic E-state index is 12.4. The Morgan fingerprint density at radius 2 is 1.76 bits per heavy atom. The Bertz CT molecular complexity index is 446. The average Bonchev–Trinajstić information content (AvgIpc) is 2.33. The molecule has 1 atom stereocenters. The molecule has 7 heteroatoms. The van der Waals surface area contributed by atoms with Crippen LogP contribution in [-0.2, 0) is 0 Å². The molecule has 0 aromatic carbocycles. The fourth-order valence-electron chi connectivity index (χ4n) is 1.79. The molecule has 2 N–H and O–H groups in total. The van der Waals surface area contributed by atoms with E-state index in [1.165, 1.54) is 6.92 Å². The van der Waals surface area contributed by atoms with Gasteiger partial charge in [-0.05, 0) is 13.3 Å². The zero-order chi connectivity index (χ0) is 16.0. The minimum atomic E-state index is -4.19. The number of hydrogen-bond donors (Lipinski definition) is 2. The van der Waals surface area contributed by atoms with E-state index in [9.17, 15) is 13.2 Å². The highest BCUT2D eigenvalue weighted by Crippen LogP contribution is 2.24. The van der Waals surface area contributed by atoms with Crippen molar-refractivity contribution in [1.82, 2.24) is 9.97 Å². The van der Waals surface area contributed by atoms with Gasteiger partial charge in [-0.15, -0.1) is 0 Å². The lowest BCUT2D eigenvalue weighted by Gasteiger charge is -2.18. The molecular weight excluding hydrogens is 281 g/mol. The highest BCUT2D eigenvalue weighted by Gasteiger charge is 2.30. The summed E-state index contributed by atoms with van der Waals surface area (Å²) in [5.41, 5.74) is 0. The third kappa shape index (κ3) is 6.64. The lowest BCUT2D eigenvalue weighted by Crippen LogP contribution is -2.24. The normalized spacial score (nSPS) is 13.3. The van der Waals surface area contributed by atoms with Gasteiger partial charge < -0.3 is 10.6 Å². The molecule has 1 rings (SSSR count). The molecule has 0 radical (unpaired) electrons. The van der Waals surface area contributed by atoms with Gasteiger partial charge in [0, 0.05) is 24.6 Å². The van der Waals surface area contributed by atoms with Crippen molar-refractivity contribution >= 4 is 11.6 Å². The summed E-state index contributed by atoms with van der Waals surface area (Å²) in [4.78, 5) is 8.65. The van der Waals surface area contributed by atoms with Crippen molar-refractivity contribution in [2.45, 2.75) is 58.7 Å². The van der Waals surface area contributed by atoms with Crippen LogP contribution in [0.2, 0.25) is 0 Å². The van der Waals surface area contributed by atoms with Gasteiger partial charge in [0.2, 0.25) is 0 Å². The van der Waals surface area contributed by atoms with Crippen LogP contribution in [0.15, 0.2) is 6.07 Å². The van der Waals surface area contributed by atoms with Gasteiger partial charge in [-0.1, -0.05) is 20.8 Å². The molecule has 21 heavy (non-hydrogen) atoms. The van der Waals surface area contributed by atoms with Crippen LogP contribution in [0.5, 0.6) is 0 Å². The SMILES string of the molecule is CCCNc1cc(NC(C)CC(F)(F)F)nc(C(C)C)n1. The molecule has 0 bridgehead atoms. The van der Waals surface area contributed by atoms with Gasteiger partial charge in [-0.2, -0.15) is 13.2 Å². The Morgan fingerprint density at radius 3 is 2.29 bits per heavy atom. The van der Waals surface area contributed by atoms with Crippen LogP contribution in [0.25, 0.3) is 0 Å². The molecule has 1 aromatic heterocycles. The number of halogens is 3. The van der Waals surface area contributed by atoms with Crippen LogP contribution in [0.4, 0.5) is 24.8 Å². The van der Waals surface area contributed by atoms with Gasteiger partial charge >= 0.3 is 6.18 Å². The molecular formula is C14H23F3N4. The van der Waals surface area contributed by atoms with Gasteiger partial charge in [0.15, 0.2) is 0 Å². The van der Waals surface area contributed by atoms with Crippen molar-refractivity contribution in [3.8, 4) is 0 Å². The van der Waals surface area contributed by atoms with Crippen molar-refractivity contribution in [2.75, 3.05) is 17.2 Å². The summed E-state index contributed by atoms with van der Waals surface area (Å²) in [6.07, 6.45) is -4.15. The van der Waals surface area contributed by atoms with Crippen molar-refractivity contribution in [1.29, 1.82) is 0 Å². The Hall–Kier alpha value is -1.53. The van der Waals surface area contributed by atoms with Crippen LogP contribution in [-0.4, -0.2) is 28.7 Å². The van der Waals surface area contributed by atoms with Crippen LogP contribution in [0.3, 0.4) is 0 Å². The molecule has 0 spiro atoms. The first-order valence-electron chi connectivity index (χ1n) is 7.17. The molecule has 0 aliphatic rings. The largest absolute Gasteiger partial charge is 0.391 e. The molecule has 0 saturated heterocycles. The number of nitrogens with zero attached hydrogens (tertiary/aromatic N) is 2. The number of anilines is 2. The summed E-state index contributed by atoms with van der Waals surface area (Å²) >= 11 is 0. The fourth-order valence-corrected chi connectivity index (χ4v) is 1.79. The lowest BCUT2D eigenvalue weighted by molar-refractivity contribution is -0.136. The molecule has 1 heterocycles. The zero-order valence-corrected chi connectivity index (χ0v) is 12.9. The smallest absolute Gasteiger partial charge is 0.370 e. The second-order valence-electron chi connectivity index (χ2n) is 5.44. The van der Waals surface area contributed by atoms with E-state index in [-0.39, 0.29) is 5.92 Å². The first-order valence-corrected chi connectivity index (χ1v) is 7.17. The summed E-state index contributed by atoms with van der Waals surface area (Å²) < 4.78 is 37.1. The predicted octanol–water partition coefficient (Wildman–Crippen LogP) is 4.17. The first-order chi connectivity index (χ1) is 9.71. The molecule has 0 aliphatic carbocycles. The first kappa shape index (κ1) is 17.5. The second kappa shape index (κ2) is 7.47. The second-order valence-corrected chi connectivity index (χ2v) is 5.44. The quantitative estimate of drug-likeness (QED) is 0.793. The molecule has 0 saturated carbocycles. The van der Waals surface area contributed by atoms with E-state index in [2.05, 4.69) is 20.6 Å². The maximum Gasteiger partial charge on any atom is 0.391 e. The number of rotatable bonds is 7. The third-order valence-electron chi connectivity index (χ3n) is 2.75. The number of nitrogens with one attached hydrogen (secondary N) is 2. The number of alkyl halides is 3. The average molecular weight is 304 g/mol.